The Morgan fingerprint density at radius 3 is 2.41 bits per heavy atom. The Labute approximate surface area is 163 Å². The topological polar surface area (TPSA) is 88.4 Å². The number of fused-ring (bicyclic) bond motifs is 1. The lowest BCUT2D eigenvalue weighted by molar-refractivity contribution is 0.00523. The summed E-state index contributed by atoms with van der Waals surface area (Å²) >= 11 is 6.08. The summed E-state index contributed by atoms with van der Waals surface area (Å²) in [7, 11) is -3.48. The smallest absolute Gasteiger partial charge is 0.356 e. The highest BCUT2D eigenvalue weighted by Gasteiger charge is 2.41. The minimum Gasteiger partial charge on any atom is -0.356 e. The number of nitrogens with zero attached hydrogens (tertiary/aromatic N) is 4. The van der Waals surface area contributed by atoms with Crippen molar-refractivity contribution in [2.45, 2.75) is 64.8 Å². The third-order valence-electron chi connectivity index (χ3n) is 3.97. The molecule has 8 nitrogen and oxygen atoms in total. The Bertz CT molecular complexity index is 871. The summed E-state index contributed by atoms with van der Waals surface area (Å²) in [6.45, 7) is 9.16. The fourth-order valence-electron chi connectivity index (χ4n) is 2.98. The zero-order chi connectivity index (χ0) is 19.8. The number of ether oxygens (including phenoxy) is 1. The number of hydrogen-bond donors (Lipinski definition) is 0. The van der Waals surface area contributed by atoms with Gasteiger partial charge in [0.05, 0.1) is 30.7 Å². The van der Waals surface area contributed by atoms with Gasteiger partial charge in [-0.15, -0.1) is 0 Å². The van der Waals surface area contributed by atoms with Gasteiger partial charge < -0.3 is 18.4 Å². The van der Waals surface area contributed by atoms with Crippen LogP contribution < -0.4 is 0 Å². The van der Waals surface area contributed by atoms with E-state index in [1.54, 1.807) is 12.4 Å². The van der Waals surface area contributed by atoms with Gasteiger partial charge in [0.15, 0.2) is 16.6 Å². The van der Waals surface area contributed by atoms with Crippen LogP contribution in [0.1, 0.15) is 40.7 Å². The van der Waals surface area contributed by atoms with Gasteiger partial charge in [-0.25, -0.2) is 15.0 Å². The van der Waals surface area contributed by atoms with E-state index in [2.05, 4.69) is 15.0 Å². The van der Waals surface area contributed by atoms with Crippen molar-refractivity contribution in [2.75, 3.05) is 0 Å². The fraction of sp³-hybridized carbons (Fsp3) is 0.588. The molecule has 0 saturated carbocycles. The van der Waals surface area contributed by atoms with Gasteiger partial charge in [-0.05, 0) is 40.7 Å². The van der Waals surface area contributed by atoms with Gasteiger partial charge >= 0.3 is 7.60 Å². The summed E-state index contributed by atoms with van der Waals surface area (Å²) < 4.78 is 32.5. The predicted octanol–water partition coefficient (Wildman–Crippen LogP) is 4.36. The van der Waals surface area contributed by atoms with Crippen LogP contribution in [-0.4, -0.2) is 43.7 Å². The van der Waals surface area contributed by atoms with Crippen LogP contribution in [0.2, 0.25) is 5.15 Å². The molecule has 3 atom stereocenters. The summed E-state index contributed by atoms with van der Waals surface area (Å²) in [4.78, 5) is 12.5. The molecule has 27 heavy (non-hydrogen) atoms. The van der Waals surface area contributed by atoms with Crippen molar-refractivity contribution in [3.63, 3.8) is 0 Å². The Kier molecular flexibility index (Phi) is 6.03. The second-order valence-electron chi connectivity index (χ2n) is 6.94. The Balaban J connectivity index is 1.91. The number of imidazole rings is 1. The molecule has 2 aromatic heterocycles. The van der Waals surface area contributed by atoms with E-state index in [-0.39, 0.29) is 24.4 Å². The minimum atomic E-state index is -3.48. The molecule has 3 rings (SSSR count). The van der Waals surface area contributed by atoms with Gasteiger partial charge in [-0.2, -0.15) is 0 Å². The van der Waals surface area contributed by atoms with Crippen LogP contribution in [0.25, 0.3) is 11.2 Å². The highest BCUT2D eigenvalue weighted by Crippen LogP contribution is 2.57. The van der Waals surface area contributed by atoms with Crippen molar-refractivity contribution < 1.29 is 18.3 Å². The van der Waals surface area contributed by atoms with Gasteiger partial charge in [0, 0.05) is 0 Å². The average molecular weight is 415 g/mol. The van der Waals surface area contributed by atoms with Crippen LogP contribution in [0.15, 0.2) is 24.8 Å². The molecule has 1 aliphatic rings. The maximum atomic E-state index is 13.3. The van der Waals surface area contributed by atoms with E-state index in [0.29, 0.717) is 16.3 Å². The van der Waals surface area contributed by atoms with Gasteiger partial charge in [-0.3, -0.25) is 4.57 Å². The van der Waals surface area contributed by atoms with Crippen LogP contribution in [0.4, 0.5) is 0 Å². The van der Waals surface area contributed by atoms with Crippen molar-refractivity contribution >= 4 is 30.4 Å². The highest BCUT2D eigenvalue weighted by atomic mass is 35.5. The van der Waals surface area contributed by atoms with E-state index in [4.69, 9.17) is 25.4 Å². The summed E-state index contributed by atoms with van der Waals surface area (Å²) in [5.41, 5.74) is 1.14. The maximum Gasteiger partial charge on any atom is 0.363 e. The zero-order valence-corrected chi connectivity index (χ0v) is 17.6. The minimum absolute atomic E-state index is 0.191. The van der Waals surface area contributed by atoms with Gasteiger partial charge in [0.2, 0.25) is 0 Å². The number of hydrogen-bond acceptors (Lipinski definition) is 7. The molecule has 2 aromatic rings. The van der Waals surface area contributed by atoms with E-state index in [1.165, 1.54) is 6.33 Å². The zero-order valence-electron chi connectivity index (χ0n) is 15.9. The molecular formula is C17H24ClN4O4P. The highest BCUT2D eigenvalue weighted by molar-refractivity contribution is 7.54. The van der Waals surface area contributed by atoms with Crippen LogP contribution in [0, 0.1) is 0 Å². The molecule has 0 aliphatic carbocycles. The van der Waals surface area contributed by atoms with E-state index >= 15 is 0 Å². The van der Waals surface area contributed by atoms with Crippen LogP contribution in [0.3, 0.4) is 0 Å². The van der Waals surface area contributed by atoms with E-state index in [9.17, 15) is 4.57 Å². The van der Waals surface area contributed by atoms with Gasteiger partial charge in [0.1, 0.15) is 11.8 Å². The molecule has 0 bridgehead atoms. The predicted molar refractivity (Wildman–Crippen MR) is 103 cm³/mol. The summed E-state index contributed by atoms with van der Waals surface area (Å²) in [5.74, 6) is -0.776. The first-order valence-electron chi connectivity index (χ1n) is 8.84. The molecule has 0 aromatic carbocycles. The third kappa shape index (κ3) is 4.25. The first-order chi connectivity index (χ1) is 12.7. The molecule has 0 spiro atoms. The first kappa shape index (κ1) is 20.4. The Morgan fingerprint density at radius 2 is 1.81 bits per heavy atom. The normalized spacial score (nSPS) is 23.6. The van der Waals surface area contributed by atoms with E-state index in [1.807, 2.05) is 45.3 Å². The monoisotopic (exact) mass is 414 g/mol. The molecule has 3 heterocycles. The van der Waals surface area contributed by atoms with Crippen molar-refractivity contribution in [3.8, 4) is 0 Å². The molecule has 0 amide bonds. The average Bonchev–Trinajstić information content (AvgIpc) is 2.98. The standard InChI is InChI=1S/C17H24ClN4O4P/c1-10(2)25-27(23,26-11(3)4)14-7-6-13(12(5)24-14)22-9-21-15-16(18)19-8-20-17(15)22/h6-14H,1-5H3/t12-,13-,14?/m0/s1. The fourth-order valence-corrected chi connectivity index (χ4v) is 5.28. The van der Waals surface area contributed by atoms with Gasteiger partial charge in [-0.1, -0.05) is 17.7 Å². The van der Waals surface area contributed by atoms with Crippen molar-refractivity contribution in [1.29, 1.82) is 0 Å². The molecule has 1 aliphatic heterocycles. The van der Waals surface area contributed by atoms with Crippen molar-refractivity contribution in [3.05, 3.63) is 30.0 Å². The van der Waals surface area contributed by atoms with E-state index in [0.717, 1.165) is 0 Å². The lowest BCUT2D eigenvalue weighted by Crippen LogP contribution is -2.32. The lowest BCUT2D eigenvalue weighted by Gasteiger charge is -2.35. The lowest BCUT2D eigenvalue weighted by atomic mass is 10.1. The van der Waals surface area contributed by atoms with Crippen LogP contribution in [0.5, 0.6) is 0 Å². The summed E-state index contributed by atoms with van der Waals surface area (Å²) in [6.07, 6.45) is 5.86. The number of halogens is 1. The summed E-state index contributed by atoms with van der Waals surface area (Å²) in [6, 6.07) is -0.191. The maximum absolute atomic E-state index is 13.3. The van der Waals surface area contributed by atoms with Gasteiger partial charge in [0.25, 0.3) is 0 Å². The van der Waals surface area contributed by atoms with Crippen molar-refractivity contribution in [2.24, 2.45) is 0 Å². The Morgan fingerprint density at radius 1 is 1.15 bits per heavy atom. The quantitative estimate of drug-likeness (QED) is 0.394. The van der Waals surface area contributed by atoms with Crippen LogP contribution in [-0.2, 0) is 18.3 Å². The second kappa shape index (κ2) is 7.97. The molecule has 10 heteroatoms. The summed E-state index contributed by atoms with van der Waals surface area (Å²) in [5, 5.41) is 0.296. The second-order valence-corrected chi connectivity index (χ2v) is 9.31. The largest absolute Gasteiger partial charge is 0.363 e. The molecule has 0 radical (unpaired) electrons. The molecule has 0 fully saturated rings. The van der Waals surface area contributed by atoms with Crippen molar-refractivity contribution in [1.82, 2.24) is 19.5 Å². The first-order valence-corrected chi connectivity index (χ1v) is 10.8. The Hall–Kier alpha value is -1.31. The molecule has 1 unspecified atom stereocenters. The molecule has 0 N–H and O–H groups in total. The SMILES string of the molecule is CC(C)OP(=O)(OC(C)C)C1C=C[C@H](n2cnc3c(Cl)ncnc32)[C@H](C)O1. The third-order valence-corrected chi connectivity index (χ3v) is 6.60. The molecular weight excluding hydrogens is 391 g/mol. The number of aromatic nitrogens is 4. The molecule has 148 valence electrons. The number of rotatable bonds is 6. The molecule has 0 saturated heterocycles. The van der Waals surface area contributed by atoms with E-state index < -0.39 is 13.4 Å². The van der Waals surface area contributed by atoms with Crippen LogP contribution >= 0.6 is 19.2 Å².